The first-order valence-electron chi connectivity index (χ1n) is 6.45. The van der Waals surface area contributed by atoms with Gasteiger partial charge in [-0.15, -0.1) is 0 Å². The molecule has 1 aromatic carbocycles. The van der Waals surface area contributed by atoms with E-state index >= 15 is 0 Å². The summed E-state index contributed by atoms with van der Waals surface area (Å²) in [6.07, 6.45) is 6.79. The van der Waals surface area contributed by atoms with Crippen molar-refractivity contribution in [2.75, 3.05) is 6.61 Å². The van der Waals surface area contributed by atoms with Crippen LogP contribution in [0.4, 0.5) is 0 Å². The fourth-order valence-electron chi connectivity index (χ4n) is 1.72. The van der Waals surface area contributed by atoms with Gasteiger partial charge in [0.05, 0.1) is 12.5 Å². The van der Waals surface area contributed by atoms with Crippen molar-refractivity contribution in [1.29, 1.82) is 5.26 Å². The molecule has 0 unspecified atom stereocenters. The molecule has 1 aromatic rings. The standard InChI is InChI=1S/C15H21NO/c1-2-3-4-5-7-14-8-10-15(11-9-14)17-13-6-12-16/h8-11H,2-7,13H2,1H3. The summed E-state index contributed by atoms with van der Waals surface area (Å²) in [5.74, 6) is 0.859. The Morgan fingerprint density at radius 2 is 1.88 bits per heavy atom. The highest BCUT2D eigenvalue weighted by molar-refractivity contribution is 5.27. The number of unbranched alkanes of at least 4 members (excludes halogenated alkanes) is 3. The quantitative estimate of drug-likeness (QED) is 0.631. The molecule has 0 heterocycles. The zero-order valence-electron chi connectivity index (χ0n) is 10.6. The van der Waals surface area contributed by atoms with Crippen molar-refractivity contribution in [2.24, 2.45) is 0 Å². The van der Waals surface area contributed by atoms with Crippen molar-refractivity contribution in [3.8, 4) is 11.8 Å². The van der Waals surface area contributed by atoms with E-state index in [1.54, 1.807) is 0 Å². The van der Waals surface area contributed by atoms with Gasteiger partial charge in [-0.2, -0.15) is 5.26 Å². The highest BCUT2D eigenvalue weighted by Crippen LogP contribution is 2.14. The Hall–Kier alpha value is -1.49. The second-order valence-corrected chi connectivity index (χ2v) is 4.21. The number of benzene rings is 1. The molecule has 0 radical (unpaired) electrons. The lowest BCUT2D eigenvalue weighted by atomic mass is 10.1. The van der Waals surface area contributed by atoms with Crippen LogP contribution in [0.5, 0.6) is 5.75 Å². The lowest BCUT2D eigenvalue weighted by Crippen LogP contribution is -1.95. The average molecular weight is 231 g/mol. The molecule has 0 spiro atoms. The van der Waals surface area contributed by atoms with Crippen molar-refractivity contribution in [2.45, 2.75) is 45.4 Å². The Balaban J connectivity index is 2.27. The molecule has 2 heteroatoms. The summed E-state index contributed by atoms with van der Waals surface area (Å²) in [7, 11) is 0. The molecule has 0 bridgehead atoms. The highest BCUT2D eigenvalue weighted by Gasteiger charge is 1.96. The van der Waals surface area contributed by atoms with Crippen molar-refractivity contribution in [1.82, 2.24) is 0 Å². The van der Waals surface area contributed by atoms with E-state index in [4.69, 9.17) is 10.00 Å². The first-order chi connectivity index (χ1) is 8.36. The number of hydrogen-bond donors (Lipinski definition) is 0. The maximum atomic E-state index is 8.40. The summed E-state index contributed by atoms with van der Waals surface area (Å²) in [6, 6.07) is 10.3. The topological polar surface area (TPSA) is 33.0 Å². The van der Waals surface area contributed by atoms with E-state index in [1.165, 1.54) is 31.2 Å². The van der Waals surface area contributed by atoms with Gasteiger partial charge in [-0.3, -0.25) is 0 Å². The van der Waals surface area contributed by atoms with E-state index < -0.39 is 0 Å². The van der Waals surface area contributed by atoms with Gasteiger partial charge in [-0.25, -0.2) is 0 Å². The molecule has 1 rings (SSSR count). The minimum absolute atomic E-state index is 0.443. The molecular weight excluding hydrogens is 210 g/mol. The molecule has 0 atom stereocenters. The van der Waals surface area contributed by atoms with Crippen LogP contribution >= 0.6 is 0 Å². The summed E-state index contributed by atoms with van der Waals surface area (Å²) >= 11 is 0. The molecule has 0 aliphatic carbocycles. The number of rotatable bonds is 8. The van der Waals surface area contributed by atoms with Crippen LogP contribution in [0.25, 0.3) is 0 Å². The van der Waals surface area contributed by atoms with E-state index in [0.717, 1.165) is 12.2 Å². The lowest BCUT2D eigenvalue weighted by molar-refractivity contribution is 0.326. The van der Waals surface area contributed by atoms with Crippen molar-refractivity contribution >= 4 is 0 Å². The second-order valence-electron chi connectivity index (χ2n) is 4.21. The number of aryl methyl sites for hydroxylation is 1. The molecular formula is C15H21NO. The van der Waals surface area contributed by atoms with Gasteiger partial charge in [0.1, 0.15) is 12.4 Å². The summed E-state index contributed by atoms with van der Waals surface area (Å²) < 4.78 is 5.42. The smallest absolute Gasteiger partial charge is 0.119 e. The first kappa shape index (κ1) is 13.6. The fourth-order valence-corrected chi connectivity index (χ4v) is 1.72. The molecule has 0 amide bonds. The van der Waals surface area contributed by atoms with E-state index in [-0.39, 0.29) is 0 Å². The molecule has 0 saturated carbocycles. The third kappa shape index (κ3) is 5.97. The Morgan fingerprint density at radius 3 is 2.53 bits per heavy atom. The third-order valence-corrected chi connectivity index (χ3v) is 2.72. The number of hydrogen-bond acceptors (Lipinski definition) is 2. The van der Waals surface area contributed by atoms with Gasteiger partial charge in [0.2, 0.25) is 0 Å². The van der Waals surface area contributed by atoms with E-state index in [0.29, 0.717) is 13.0 Å². The van der Waals surface area contributed by atoms with Gasteiger partial charge in [-0.05, 0) is 30.5 Å². The van der Waals surface area contributed by atoms with Crippen LogP contribution in [0, 0.1) is 11.3 Å². The van der Waals surface area contributed by atoms with Crippen LogP contribution in [0.3, 0.4) is 0 Å². The van der Waals surface area contributed by atoms with E-state index in [9.17, 15) is 0 Å². The molecule has 0 saturated heterocycles. The molecule has 0 aromatic heterocycles. The minimum Gasteiger partial charge on any atom is -0.493 e. The molecule has 2 nitrogen and oxygen atoms in total. The Bertz CT molecular complexity index is 337. The van der Waals surface area contributed by atoms with Gasteiger partial charge in [0.25, 0.3) is 0 Å². The Morgan fingerprint density at radius 1 is 1.12 bits per heavy atom. The van der Waals surface area contributed by atoms with E-state index in [2.05, 4.69) is 25.1 Å². The molecule has 0 fully saturated rings. The van der Waals surface area contributed by atoms with Crippen molar-refractivity contribution in [3.05, 3.63) is 29.8 Å². The minimum atomic E-state index is 0.443. The maximum absolute atomic E-state index is 8.40. The van der Waals surface area contributed by atoms with Crippen molar-refractivity contribution < 1.29 is 4.74 Å². The van der Waals surface area contributed by atoms with Gasteiger partial charge in [0.15, 0.2) is 0 Å². The van der Waals surface area contributed by atoms with Gasteiger partial charge in [-0.1, -0.05) is 38.3 Å². The Labute approximate surface area is 104 Å². The zero-order valence-corrected chi connectivity index (χ0v) is 10.6. The van der Waals surface area contributed by atoms with E-state index in [1.807, 2.05) is 12.1 Å². The number of ether oxygens (including phenoxy) is 1. The number of nitriles is 1. The van der Waals surface area contributed by atoms with Gasteiger partial charge >= 0.3 is 0 Å². The van der Waals surface area contributed by atoms with Crippen LogP contribution in [-0.2, 0) is 6.42 Å². The summed E-state index contributed by atoms with van der Waals surface area (Å²) in [5.41, 5.74) is 1.37. The third-order valence-electron chi connectivity index (χ3n) is 2.72. The van der Waals surface area contributed by atoms with Crippen LogP contribution in [0.2, 0.25) is 0 Å². The highest BCUT2D eigenvalue weighted by atomic mass is 16.5. The summed E-state index contributed by atoms with van der Waals surface area (Å²) in [4.78, 5) is 0. The second kappa shape index (κ2) is 8.64. The number of nitrogens with zero attached hydrogens (tertiary/aromatic N) is 1. The summed E-state index contributed by atoms with van der Waals surface area (Å²) in [5, 5.41) is 8.40. The van der Waals surface area contributed by atoms with Gasteiger partial charge < -0.3 is 4.74 Å². The molecule has 92 valence electrons. The van der Waals surface area contributed by atoms with Crippen LogP contribution in [0.15, 0.2) is 24.3 Å². The average Bonchev–Trinajstić information content (AvgIpc) is 2.37. The molecule has 0 aliphatic heterocycles. The Kier molecular flexibility index (Phi) is 6.90. The predicted octanol–water partition coefficient (Wildman–Crippen LogP) is 4.10. The van der Waals surface area contributed by atoms with Crippen LogP contribution in [0.1, 0.15) is 44.6 Å². The first-order valence-corrected chi connectivity index (χ1v) is 6.45. The van der Waals surface area contributed by atoms with Crippen molar-refractivity contribution in [3.63, 3.8) is 0 Å². The normalized spacial score (nSPS) is 9.88. The largest absolute Gasteiger partial charge is 0.493 e. The van der Waals surface area contributed by atoms with Crippen LogP contribution in [-0.4, -0.2) is 6.61 Å². The zero-order chi connectivity index (χ0) is 12.3. The molecule has 0 N–H and O–H groups in total. The van der Waals surface area contributed by atoms with Gasteiger partial charge in [0, 0.05) is 0 Å². The molecule has 17 heavy (non-hydrogen) atoms. The maximum Gasteiger partial charge on any atom is 0.119 e. The SMILES string of the molecule is CCCCCCc1ccc(OCCC#N)cc1. The predicted molar refractivity (Wildman–Crippen MR) is 70.0 cm³/mol. The monoisotopic (exact) mass is 231 g/mol. The molecule has 0 aliphatic rings. The van der Waals surface area contributed by atoms with Crippen LogP contribution < -0.4 is 4.74 Å². The summed E-state index contributed by atoms with van der Waals surface area (Å²) in [6.45, 7) is 2.71. The lowest BCUT2D eigenvalue weighted by Gasteiger charge is -2.05. The fraction of sp³-hybridized carbons (Fsp3) is 0.533.